The molecule has 0 bridgehead atoms. The van der Waals surface area contributed by atoms with E-state index in [4.69, 9.17) is 9.47 Å². The Morgan fingerprint density at radius 2 is 1.41 bits per heavy atom. The van der Waals surface area contributed by atoms with E-state index >= 15 is 0 Å². The van der Waals surface area contributed by atoms with E-state index in [-0.39, 0.29) is 29.9 Å². The number of hydrogen-bond acceptors (Lipinski definition) is 6. The Hall–Kier alpha value is -3.55. The summed E-state index contributed by atoms with van der Waals surface area (Å²) < 4.78 is 23.8. The van der Waals surface area contributed by atoms with Crippen LogP contribution in [-0.2, 0) is 6.42 Å². The summed E-state index contributed by atoms with van der Waals surface area (Å²) in [5.41, 5.74) is 1.89. The molecule has 1 saturated heterocycles. The molecule has 0 aliphatic carbocycles. The lowest BCUT2D eigenvalue weighted by molar-refractivity contribution is 0.0223. The van der Waals surface area contributed by atoms with Crippen LogP contribution in [-0.4, -0.2) is 61.5 Å². The van der Waals surface area contributed by atoms with E-state index in [1.54, 1.807) is 74.9 Å². The van der Waals surface area contributed by atoms with Crippen LogP contribution in [0.1, 0.15) is 32.7 Å². The maximum absolute atomic E-state index is 14.0. The summed E-state index contributed by atoms with van der Waals surface area (Å²) >= 11 is 0. The van der Waals surface area contributed by atoms with Gasteiger partial charge in [0.1, 0.15) is 17.3 Å². The molecule has 1 fully saturated rings. The molecule has 37 heavy (non-hydrogen) atoms. The van der Waals surface area contributed by atoms with Gasteiger partial charge < -0.3 is 14.6 Å². The second-order valence-corrected chi connectivity index (χ2v) is 9.30. The Labute approximate surface area is 216 Å². The second kappa shape index (κ2) is 12.1. The number of halogens is 1. The molecule has 1 unspecified atom stereocenters. The van der Waals surface area contributed by atoms with Crippen LogP contribution in [0.25, 0.3) is 0 Å². The minimum Gasteiger partial charge on any atom is -0.497 e. The SMILES string of the molecule is COc1ccc(C(=O)[C@@H]2[C@@H](C(=O)c3ccc(OC)cc3)C(CO)CCN2CCc2ccc(F)cc2)cc1. The van der Waals surface area contributed by atoms with Crippen LogP contribution in [0.3, 0.4) is 0 Å². The lowest BCUT2D eigenvalue weighted by Crippen LogP contribution is -2.56. The quantitative estimate of drug-likeness (QED) is 0.411. The van der Waals surface area contributed by atoms with Crippen molar-refractivity contribution in [1.29, 1.82) is 0 Å². The molecule has 1 aliphatic rings. The van der Waals surface area contributed by atoms with E-state index < -0.39 is 12.0 Å². The van der Waals surface area contributed by atoms with Crippen molar-refractivity contribution in [3.63, 3.8) is 0 Å². The molecule has 0 aromatic heterocycles. The zero-order chi connectivity index (χ0) is 26.4. The van der Waals surface area contributed by atoms with Crippen LogP contribution in [0.5, 0.6) is 11.5 Å². The fourth-order valence-corrected chi connectivity index (χ4v) is 5.07. The summed E-state index contributed by atoms with van der Waals surface area (Å²) in [6, 6.07) is 19.2. The van der Waals surface area contributed by atoms with Crippen LogP contribution in [0.15, 0.2) is 72.8 Å². The second-order valence-electron chi connectivity index (χ2n) is 9.30. The number of piperidine rings is 1. The Balaban J connectivity index is 1.69. The maximum Gasteiger partial charge on any atom is 0.180 e. The van der Waals surface area contributed by atoms with Crippen molar-refractivity contribution in [2.24, 2.45) is 11.8 Å². The van der Waals surface area contributed by atoms with E-state index in [1.807, 2.05) is 4.90 Å². The van der Waals surface area contributed by atoms with Crippen molar-refractivity contribution in [2.75, 3.05) is 33.9 Å². The normalized spacial score (nSPS) is 19.8. The molecule has 3 aromatic carbocycles. The number of carbonyl (C=O) groups excluding carboxylic acids is 2. The first kappa shape index (κ1) is 26.5. The highest BCUT2D eigenvalue weighted by molar-refractivity contribution is 6.07. The number of hydrogen-bond donors (Lipinski definition) is 1. The highest BCUT2D eigenvalue weighted by atomic mass is 19.1. The fraction of sp³-hybridized carbons (Fsp3) is 0.333. The minimum atomic E-state index is -0.755. The summed E-state index contributed by atoms with van der Waals surface area (Å²) in [5, 5.41) is 10.2. The first-order valence-electron chi connectivity index (χ1n) is 12.4. The minimum absolute atomic E-state index is 0.174. The molecule has 0 amide bonds. The molecule has 4 rings (SSSR count). The number of benzene rings is 3. The van der Waals surface area contributed by atoms with Gasteiger partial charge in [0.05, 0.1) is 26.2 Å². The van der Waals surface area contributed by atoms with E-state index in [0.29, 0.717) is 48.6 Å². The zero-order valence-corrected chi connectivity index (χ0v) is 21.1. The number of aliphatic hydroxyl groups excluding tert-OH is 1. The average Bonchev–Trinajstić information content (AvgIpc) is 2.95. The fourth-order valence-electron chi connectivity index (χ4n) is 5.07. The molecule has 3 aromatic rings. The van der Waals surface area contributed by atoms with Crippen molar-refractivity contribution in [2.45, 2.75) is 18.9 Å². The summed E-state index contributed by atoms with van der Waals surface area (Å²) in [5.74, 6) is -0.478. The van der Waals surface area contributed by atoms with Crippen molar-refractivity contribution in [3.05, 3.63) is 95.3 Å². The predicted octanol–water partition coefficient (Wildman–Crippen LogP) is 4.45. The number of carbonyl (C=O) groups is 2. The molecule has 0 spiro atoms. The van der Waals surface area contributed by atoms with Crippen LogP contribution in [0, 0.1) is 17.7 Å². The number of Topliss-reactive ketones (excluding diaryl/α,β-unsaturated/α-hetero) is 2. The van der Waals surface area contributed by atoms with Gasteiger partial charge in [0.25, 0.3) is 0 Å². The number of aliphatic hydroxyl groups is 1. The molecule has 7 heteroatoms. The lowest BCUT2D eigenvalue weighted by Gasteiger charge is -2.43. The number of methoxy groups -OCH3 is 2. The Bertz CT molecular complexity index is 1190. The summed E-state index contributed by atoms with van der Waals surface area (Å²) in [4.78, 5) is 29.9. The van der Waals surface area contributed by atoms with Gasteiger partial charge in [0.15, 0.2) is 11.6 Å². The van der Waals surface area contributed by atoms with Gasteiger partial charge in [-0.05, 0) is 91.5 Å². The largest absolute Gasteiger partial charge is 0.497 e. The zero-order valence-electron chi connectivity index (χ0n) is 21.1. The van der Waals surface area contributed by atoms with Gasteiger partial charge in [-0.3, -0.25) is 14.5 Å². The van der Waals surface area contributed by atoms with Crippen molar-refractivity contribution in [1.82, 2.24) is 4.90 Å². The third-order valence-corrected chi connectivity index (χ3v) is 7.18. The highest BCUT2D eigenvalue weighted by Crippen LogP contribution is 2.35. The molecule has 0 radical (unpaired) electrons. The molecule has 1 N–H and O–H groups in total. The van der Waals surface area contributed by atoms with Gasteiger partial charge in [-0.2, -0.15) is 0 Å². The monoisotopic (exact) mass is 505 g/mol. The van der Waals surface area contributed by atoms with Crippen molar-refractivity contribution in [3.8, 4) is 11.5 Å². The van der Waals surface area contributed by atoms with Crippen LogP contribution in [0.4, 0.5) is 4.39 Å². The topological polar surface area (TPSA) is 76.1 Å². The van der Waals surface area contributed by atoms with Gasteiger partial charge in [-0.15, -0.1) is 0 Å². The van der Waals surface area contributed by atoms with Gasteiger partial charge in [0, 0.05) is 24.3 Å². The molecule has 6 nitrogen and oxygen atoms in total. The van der Waals surface area contributed by atoms with Gasteiger partial charge in [-0.1, -0.05) is 12.1 Å². The van der Waals surface area contributed by atoms with Gasteiger partial charge in [0.2, 0.25) is 0 Å². The first-order chi connectivity index (χ1) is 17.9. The third kappa shape index (κ3) is 6.06. The summed E-state index contributed by atoms with van der Waals surface area (Å²) in [6.07, 6.45) is 1.18. The van der Waals surface area contributed by atoms with Gasteiger partial charge in [-0.25, -0.2) is 4.39 Å². The molecule has 194 valence electrons. The molecule has 0 saturated carbocycles. The number of nitrogens with zero attached hydrogens (tertiary/aromatic N) is 1. The number of ketones is 2. The lowest BCUT2D eigenvalue weighted by atomic mass is 9.73. The smallest absolute Gasteiger partial charge is 0.180 e. The van der Waals surface area contributed by atoms with E-state index in [0.717, 1.165) is 5.56 Å². The molecule has 1 heterocycles. The maximum atomic E-state index is 14.0. The Morgan fingerprint density at radius 3 is 1.92 bits per heavy atom. The number of likely N-dealkylation sites (tertiary alicyclic amines) is 1. The van der Waals surface area contributed by atoms with Crippen LogP contribution < -0.4 is 9.47 Å². The molecular formula is C30H32FNO5. The number of rotatable bonds is 10. The summed E-state index contributed by atoms with van der Waals surface area (Å²) in [7, 11) is 3.12. The van der Waals surface area contributed by atoms with E-state index in [9.17, 15) is 19.1 Å². The molecule has 3 atom stereocenters. The average molecular weight is 506 g/mol. The Kier molecular flexibility index (Phi) is 8.69. The molecular weight excluding hydrogens is 473 g/mol. The summed E-state index contributed by atoms with van der Waals surface area (Å²) in [6.45, 7) is 0.888. The van der Waals surface area contributed by atoms with Gasteiger partial charge >= 0.3 is 0 Å². The van der Waals surface area contributed by atoms with Crippen LogP contribution >= 0.6 is 0 Å². The predicted molar refractivity (Wildman–Crippen MR) is 139 cm³/mol. The number of ether oxygens (including phenoxy) is 2. The van der Waals surface area contributed by atoms with Crippen LogP contribution in [0.2, 0.25) is 0 Å². The highest BCUT2D eigenvalue weighted by Gasteiger charge is 2.45. The standard InChI is InChI=1S/C30H32FNO5/c1-36-25-11-5-21(6-12-25)29(34)27-23(19-33)16-18-32(17-15-20-3-9-24(31)10-4-20)28(27)30(35)22-7-13-26(37-2)14-8-22/h3-14,23,27-28,33H,15-19H2,1-2H3/t23?,27-,28-/m0/s1. The Morgan fingerprint density at radius 1 is 0.865 bits per heavy atom. The van der Waals surface area contributed by atoms with Crippen molar-refractivity contribution < 1.29 is 28.6 Å². The van der Waals surface area contributed by atoms with E-state index in [2.05, 4.69) is 0 Å². The van der Waals surface area contributed by atoms with Crippen molar-refractivity contribution >= 4 is 11.6 Å². The van der Waals surface area contributed by atoms with E-state index in [1.165, 1.54) is 12.1 Å². The third-order valence-electron chi connectivity index (χ3n) is 7.18. The first-order valence-corrected chi connectivity index (χ1v) is 12.4. The molecule has 1 aliphatic heterocycles.